The quantitative estimate of drug-likeness (QED) is 0.185. The van der Waals surface area contributed by atoms with Crippen LogP contribution < -0.4 is 0 Å². The van der Waals surface area contributed by atoms with Crippen LogP contribution in [0.2, 0.25) is 0 Å². The lowest BCUT2D eigenvalue weighted by atomic mass is 9.74. The van der Waals surface area contributed by atoms with Gasteiger partial charge in [-0.05, 0) is 76.4 Å². The van der Waals surface area contributed by atoms with E-state index in [0.29, 0.717) is 23.4 Å². The highest BCUT2D eigenvalue weighted by molar-refractivity contribution is 5.99. The van der Waals surface area contributed by atoms with E-state index in [2.05, 4.69) is 127 Å². The zero-order valence-corrected chi connectivity index (χ0v) is 28.0. The molecule has 242 valence electrons. The summed E-state index contributed by atoms with van der Waals surface area (Å²) in [7, 11) is 0. The summed E-state index contributed by atoms with van der Waals surface area (Å²) in [6.45, 7) is 0. The monoisotopic (exact) mass is 655 g/mol. The third kappa shape index (κ3) is 5.19. The van der Waals surface area contributed by atoms with Crippen LogP contribution in [0.15, 0.2) is 168 Å². The number of aromatic nitrogens is 3. The number of hydrogen-bond donors (Lipinski definition) is 0. The standard InChI is InChI=1S/C47H33N3O/c1-3-13-30(14-4-1)34-20-11-21-36(27-34)42-38-22-10-9-19-35(38)29-41-39-23-12-24-40(43(39)51-44(41)42)47-49-45(32-16-5-2-6-17-32)48-46(50-47)37-26-25-31-15-7-8-18-33(31)28-37/h1-8,10-18,20-28,35H,9,19,29H2. The molecular weight excluding hydrogens is 623 g/mol. The Balaban J connectivity index is 1.17. The molecule has 2 aliphatic rings. The van der Waals surface area contributed by atoms with Crippen molar-refractivity contribution in [3.05, 3.63) is 180 Å². The maximum Gasteiger partial charge on any atom is 0.167 e. The number of benzene rings is 6. The molecule has 8 aromatic rings. The average Bonchev–Trinajstić information content (AvgIpc) is 3.58. The summed E-state index contributed by atoms with van der Waals surface area (Å²) in [4.78, 5) is 15.3. The van der Waals surface area contributed by atoms with Crippen LogP contribution in [0.1, 0.15) is 29.7 Å². The number of para-hydroxylation sites is 1. The van der Waals surface area contributed by atoms with Crippen molar-refractivity contribution in [3.8, 4) is 45.3 Å². The molecule has 6 aromatic carbocycles. The maximum atomic E-state index is 7.09. The molecule has 0 saturated heterocycles. The van der Waals surface area contributed by atoms with Gasteiger partial charge in [0, 0.05) is 27.6 Å². The lowest BCUT2D eigenvalue weighted by molar-refractivity contribution is 0.529. The van der Waals surface area contributed by atoms with Crippen LogP contribution in [0, 0.1) is 5.92 Å². The summed E-state index contributed by atoms with van der Waals surface area (Å²) in [5, 5.41) is 3.45. The fourth-order valence-electron chi connectivity index (χ4n) is 7.88. The van der Waals surface area contributed by atoms with E-state index >= 15 is 0 Å². The molecule has 4 heteroatoms. The number of nitrogens with zero attached hydrogens (tertiary/aromatic N) is 3. The first kappa shape index (κ1) is 29.5. The van der Waals surface area contributed by atoms with Crippen molar-refractivity contribution >= 4 is 27.3 Å². The second kappa shape index (κ2) is 12.2. The lowest BCUT2D eigenvalue weighted by Crippen LogP contribution is -2.17. The highest BCUT2D eigenvalue weighted by Gasteiger charge is 2.33. The molecule has 0 amide bonds. The minimum absolute atomic E-state index is 0.434. The van der Waals surface area contributed by atoms with Gasteiger partial charge in [-0.15, -0.1) is 0 Å². The third-order valence-corrected chi connectivity index (χ3v) is 10.4. The largest absolute Gasteiger partial charge is 0.455 e. The van der Waals surface area contributed by atoms with E-state index < -0.39 is 0 Å². The third-order valence-electron chi connectivity index (χ3n) is 10.4. The normalized spacial score (nSPS) is 15.3. The smallest absolute Gasteiger partial charge is 0.167 e. The zero-order chi connectivity index (χ0) is 33.7. The summed E-state index contributed by atoms with van der Waals surface area (Å²) in [6, 6.07) is 50.8. The van der Waals surface area contributed by atoms with Crippen molar-refractivity contribution < 1.29 is 4.42 Å². The Hall–Kier alpha value is -6.39. The molecule has 10 rings (SSSR count). The van der Waals surface area contributed by atoms with E-state index in [0.717, 1.165) is 58.1 Å². The van der Waals surface area contributed by atoms with Gasteiger partial charge in [0.15, 0.2) is 17.5 Å². The van der Waals surface area contributed by atoms with Crippen LogP contribution >= 0.6 is 0 Å². The van der Waals surface area contributed by atoms with Crippen LogP contribution in [-0.2, 0) is 6.42 Å². The van der Waals surface area contributed by atoms with Crippen LogP contribution in [0.5, 0.6) is 0 Å². The van der Waals surface area contributed by atoms with Crippen molar-refractivity contribution in [2.45, 2.75) is 19.3 Å². The molecule has 1 unspecified atom stereocenters. The predicted molar refractivity (Wildman–Crippen MR) is 207 cm³/mol. The van der Waals surface area contributed by atoms with E-state index in [1.165, 1.54) is 38.8 Å². The predicted octanol–water partition coefficient (Wildman–Crippen LogP) is 11.8. The molecular formula is C47H33N3O. The molecule has 4 nitrogen and oxygen atoms in total. The Morgan fingerprint density at radius 1 is 0.529 bits per heavy atom. The first-order valence-electron chi connectivity index (χ1n) is 17.7. The first-order chi connectivity index (χ1) is 25.3. The van der Waals surface area contributed by atoms with Gasteiger partial charge in [0.1, 0.15) is 11.3 Å². The summed E-state index contributed by atoms with van der Waals surface area (Å²) >= 11 is 0. The number of furan rings is 1. The topological polar surface area (TPSA) is 51.8 Å². The van der Waals surface area contributed by atoms with Crippen molar-refractivity contribution in [2.24, 2.45) is 5.92 Å². The van der Waals surface area contributed by atoms with Gasteiger partial charge in [-0.1, -0.05) is 140 Å². The fraction of sp³-hybridized carbons (Fsp3) is 0.0851. The fourth-order valence-corrected chi connectivity index (χ4v) is 7.88. The minimum Gasteiger partial charge on any atom is -0.455 e. The van der Waals surface area contributed by atoms with E-state index in [-0.39, 0.29) is 0 Å². The Labute approximate surface area is 296 Å². The summed E-state index contributed by atoms with van der Waals surface area (Å²) < 4.78 is 7.09. The number of fused-ring (bicyclic) bond motifs is 5. The summed E-state index contributed by atoms with van der Waals surface area (Å²) in [5.41, 5.74) is 11.0. The molecule has 2 heterocycles. The second-order valence-corrected chi connectivity index (χ2v) is 13.5. The molecule has 51 heavy (non-hydrogen) atoms. The minimum atomic E-state index is 0.434. The Bertz CT molecular complexity index is 2670. The van der Waals surface area contributed by atoms with Gasteiger partial charge in [-0.3, -0.25) is 0 Å². The van der Waals surface area contributed by atoms with Crippen LogP contribution in [0.3, 0.4) is 0 Å². The van der Waals surface area contributed by atoms with E-state index in [9.17, 15) is 0 Å². The van der Waals surface area contributed by atoms with Crippen molar-refractivity contribution in [3.63, 3.8) is 0 Å². The van der Waals surface area contributed by atoms with E-state index in [1.807, 2.05) is 30.3 Å². The van der Waals surface area contributed by atoms with Crippen molar-refractivity contribution in [1.29, 1.82) is 0 Å². The van der Waals surface area contributed by atoms with Gasteiger partial charge in [-0.2, -0.15) is 0 Å². The molecule has 0 spiro atoms. The van der Waals surface area contributed by atoms with Crippen molar-refractivity contribution in [2.75, 3.05) is 0 Å². The average molecular weight is 656 g/mol. The Kier molecular flexibility index (Phi) is 7.05. The maximum absolute atomic E-state index is 7.09. The molecule has 1 atom stereocenters. The molecule has 2 aliphatic carbocycles. The Morgan fingerprint density at radius 2 is 1.22 bits per heavy atom. The molecule has 2 aromatic heterocycles. The molecule has 0 bridgehead atoms. The second-order valence-electron chi connectivity index (χ2n) is 13.5. The molecule has 0 aliphatic heterocycles. The zero-order valence-electron chi connectivity index (χ0n) is 28.0. The Morgan fingerprint density at radius 3 is 2.06 bits per heavy atom. The summed E-state index contributed by atoms with van der Waals surface area (Å²) in [5.74, 6) is 3.25. The number of rotatable bonds is 5. The van der Waals surface area contributed by atoms with Crippen LogP contribution in [0.25, 0.3) is 72.6 Å². The van der Waals surface area contributed by atoms with Crippen LogP contribution in [-0.4, -0.2) is 15.0 Å². The highest BCUT2D eigenvalue weighted by atomic mass is 16.3. The van der Waals surface area contributed by atoms with Gasteiger partial charge in [0.2, 0.25) is 0 Å². The molecule has 0 N–H and O–H groups in total. The molecule has 0 radical (unpaired) electrons. The van der Waals surface area contributed by atoms with Gasteiger partial charge in [-0.25, -0.2) is 15.0 Å². The number of allylic oxidation sites excluding steroid dienone is 3. The van der Waals surface area contributed by atoms with Crippen molar-refractivity contribution in [1.82, 2.24) is 15.0 Å². The van der Waals surface area contributed by atoms with Gasteiger partial charge >= 0.3 is 0 Å². The lowest BCUT2D eigenvalue weighted by Gasteiger charge is -2.29. The van der Waals surface area contributed by atoms with Crippen LogP contribution in [0.4, 0.5) is 0 Å². The van der Waals surface area contributed by atoms with E-state index in [4.69, 9.17) is 19.4 Å². The first-order valence-corrected chi connectivity index (χ1v) is 17.7. The molecule has 0 saturated carbocycles. The van der Waals surface area contributed by atoms with Gasteiger partial charge in [0.25, 0.3) is 0 Å². The summed E-state index contributed by atoms with van der Waals surface area (Å²) in [6.07, 6.45) is 7.82. The SMILES string of the molecule is C1=CC2=C(c3cccc(-c4ccccc4)c3)c3oc4c(-c5nc(-c6ccccc6)nc(-c6ccc7ccccc7c6)n5)cccc4c3CC2CC1. The van der Waals surface area contributed by atoms with Gasteiger partial charge in [0.05, 0.1) is 5.56 Å². The van der Waals surface area contributed by atoms with Gasteiger partial charge < -0.3 is 4.42 Å². The highest BCUT2D eigenvalue weighted by Crippen LogP contribution is 2.48. The molecule has 0 fully saturated rings. The van der Waals surface area contributed by atoms with E-state index in [1.54, 1.807) is 0 Å². The number of hydrogen-bond acceptors (Lipinski definition) is 4.